The van der Waals surface area contributed by atoms with Gasteiger partial charge in [-0.15, -0.1) is 0 Å². The predicted molar refractivity (Wildman–Crippen MR) is 113 cm³/mol. The van der Waals surface area contributed by atoms with E-state index >= 15 is 0 Å². The lowest BCUT2D eigenvalue weighted by atomic mass is 9.92. The van der Waals surface area contributed by atoms with Crippen LogP contribution in [0.1, 0.15) is 30.7 Å². The summed E-state index contributed by atoms with van der Waals surface area (Å²) in [4.78, 5) is 26.4. The minimum Gasteiger partial charge on any atom is -0.386 e. The zero-order valence-electron chi connectivity index (χ0n) is 16.7. The molecule has 1 aliphatic rings. The van der Waals surface area contributed by atoms with E-state index in [9.17, 15) is 9.90 Å². The second-order valence-corrected chi connectivity index (χ2v) is 7.89. The molecule has 3 aromatic rings. The number of aromatic amines is 1. The fourth-order valence-electron chi connectivity index (χ4n) is 3.94. The Kier molecular flexibility index (Phi) is 5.49. The summed E-state index contributed by atoms with van der Waals surface area (Å²) in [6.45, 7) is 3.52. The van der Waals surface area contributed by atoms with Crippen molar-refractivity contribution in [3.63, 3.8) is 0 Å². The lowest BCUT2D eigenvalue weighted by Gasteiger charge is -2.39. The summed E-state index contributed by atoms with van der Waals surface area (Å²) in [7, 11) is 0. The summed E-state index contributed by atoms with van der Waals surface area (Å²) in [6, 6.07) is 11.8. The van der Waals surface area contributed by atoms with Gasteiger partial charge in [0.2, 0.25) is 5.91 Å². The normalized spacial score (nSPS) is 19.4. The van der Waals surface area contributed by atoms with Crippen molar-refractivity contribution in [1.82, 2.24) is 20.3 Å². The summed E-state index contributed by atoms with van der Waals surface area (Å²) in [5.74, 6) is 1.70. The molecule has 3 N–H and O–H groups in total. The molecule has 3 heterocycles. The zero-order chi connectivity index (χ0) is 20.3. The summed E-state index contributed by atoms with van der Waals surface area (Å²) < 4.78 is 0. The maximum atomic E-state index is 12.4. The molecule has 0 aliphatic carbocycles. The van der Waals surface area contributed by atoms with Crippen LogP contribution >= 0.6 is 0 Å². The van der Waals surface area contributed by atoms with Gasteiger partial charge in [0.25, 0.3) is 0 Å². The quantitative estimate of drug-likeness (QED) is 0.598. The van der Waals surface area contributed by atoms with Gasteiger partial charge in [0.15, 0.2) is 0 Å². The number of β-amino-alcohol motifs (C(OH)–C–C–N with tert-alkyl or cyclic N) is 1. The lowest BCUT2D eigenvalue weighted by Crippen LogP contribution is -2.54. The minimum atomic E-state index is -0.933. The van der Waals surface area contributed by atoms with Gasteiger partial charge >= 0.3 is 0 Å². The minimum absolute atomic E-state index is 0.0470. The topological polar surface area (TPSA) is 94.1 Å². The highest BCUT2D eigenvalue weighted by atomic mass is 16.3. The summed E-state index contributed by atoms with van der Waals surface area (Å²) in [5, 5.41) is 13.9. The second kappa shape index (κ2) is 8.21. The number of rotatable bonds is 6. The Hall–Kier alpha value is -2.93. The van der Waals surface area contributed by atoms with Crippen molar-refractivity contribution >= 4 is 22.8 Å². The first-order valence-corrected chi connectivity index (χ1v) is 10.1. The molecule has 7 nitrogen and oxygen atoms in total. The molecule has 0 bridgehead atoms. The van der Waals surface area contributed by atoms with Gasteiger partial charge in [0.05, 0.1) is 16.6 Å². The van der Waals surface area contributed by atoms with Crippen LogP contribution in [0.2, 0.25) is 0 Å². The standard InChI is InChI=1S/C22H27N5O2/c1-16-25-18-8-6-17(13-19(18)26-16)7-9-21(28)24-14-22(29)10-4-12-27(15-22)20-5-2-3-11-23-20/h2-3,5-6,8,11,13,29H,4,7,9-10,12,14-15H2,1H3,(H,24,28)(H,25,26). The average molecular weight is 393 g/mol. The van der Waals surface area contributed by atoms with Crippen LogP contribution < -0.4 is 10.2 Å². The van der Waals surface area contributed by atoms with Crippen LogP contribution in [0.15, 0.2) is 42.6 Å². The Labute approximate surface area is 170 Å². The van der Waals surface area contributed by atoms with Gasteiger partial charge in [0.1, 0.15) is 11.6 Å². The molecule has 4 rings (SSSR count). The number of aromatic nitrogens is 3. The molecule has 1 fully saturated rings. The summed E-state index contributed by atoms with van der Waals surface area (Å²) in [6.07, 6.45) is 4.34. The highest BCUT2D eigenvalue weighted by molar-refractivity contribution is 5.78. The molecule has 152 valence electrons. The van der Waals surface area contributed by atoms with Crippen LogP contribution in [0.25, 0.3) is 11.0 Å². The summed E-state index contributed by atoms with van der Waals surface area (Å²) in [5.41, 5.74) is 2.09. The van der Waals surface area contributed by atoms with E-state index < -0.39 is 5.60 Å². The first-order valence-electron chi connectivity index (χ1n) is 10.1. The third-order valence-electron chi connectivity index (χ3n) is 5.45. The molecule has 2 aromatic heterocycles. The van der Waals surface area contributed by atoms with E-state index in [1.807, 2.05) is 43.3 Å². The Morgan fingerprint density at radius 2 is 2.24 bits per heavy atom. The van der Waals surface area contributed by atoms with E-state index in [4.69, 9.17) is 0 Å². The number of nitrogens with one attached hydrogen (secondary N) is 2. The Balaban J connectivity index is 1.29. The number of aliphatic hydroxyl groups is 1. The number of hydrogen-bond donors (Lipinski definition) is 3. The number of carbonyl (C=O) groups excluding carboxylic acids is 1. The van der Waals surface area contributed by atoms with E-state index in [-0.39, 0.29) is 12.5 Å². The fourth-order valence-corrected chi connectivity index (χ4v) is 3.94. The number of pyridine rings is 1. The number of carbonyl (C=O) groups is 1. The number of piperidine rings is 1. The number of benzene rings is 1. The van der Waals surface area contributed by atoms with Gasteiger partial charge in [-0.2, -0.15) is 0 Å². The second-order valence-electron chi connectivity index (χ2n) is 7.89. The molecular formula is C22H27N5O2. The van der Waals surface area contributed by atoms with E-state index in [0.29, 0.717) is 25.8 Å². The Bertz CT molecular complexity index is 987. The SMILES string of the molecule is Cc1nc2ccc(CCC(=O)NCC3(O)CCCN(c4ccccn4)C3)cc2[nH]1. The average Bonchev–Trinajstić information content (AvgIpc) is 3.11. The number of hydrogen-bond acceptors (Lipinski definition) is 5. The van der Waals surface area contributed by atoms with Crippen molar-refractivity contribution in [2.75, 3.05) is 24.5 Å². The van der Waals surface area contributed by atoms with Gasteiger partial charge < -0.3 is 20.3 Å². The predicted octanol–water partition coefficient (Wildman–Crippen LogP) is 2.35. The highest BCUT2D eigenvalue weighted by Gasteiger charge is 2.34. The van der Waals surface area contributed by atoms with Gasteiger partial charge in [-0.05, 0) is 56.0 Å². The fraction of sp³-hybridized carbons (Fsp3) is 0.409. The largest absolute Gasteiger partial charge is 0.386 e. The van der Waals surface area contributed by atoms with Gasteiger partial charge in [-0.1, -0.05) is 12.1 Å². The summed E-state index contributed by atoms with van der Waals surface area (Å²) >= 11 is 0. The van der Waals surface area contributed by atoms with E-state index in [1.165, 1.54) is 0 Å². The van der Waals surface area contributed by atoms with Crippen LogP contribution in [0.4, 0.5) is 5.82 Å². The van der Waals surface area contributed by atoms with Crippen molar-refractivity contribution < 1.29 is 9.90 Å². The van der Waals surface area contributed by atoms with Gasteiger partial charge in [-0.3, -0.25) is 4.79 Å². The number of amides is 1. The number of fused-ring (bicyclic) bond motifs is 1. The van der Waals surface area contributed by atoms with E-state index in [0.717, 1.165) is 41.2 Å². The highest BCUT2D eigenvalue weighted by Crippen LogP contribution is 2.24. The van der Waals surface area contributed by atoms with Crippen molar-refractivity contribution in [3.8, 4) is 0 Å². The maximum absolute atomic E-state index is 12.4. The van der Waals surface area contributed by atoms with Crippen molar-refractivity contribution in [2.24, 2.45) is 0 Å². The third kappa shape index (κ3) is 4.74. The molecule has 1 saturated heterocycles. The van der Waals surface area contributed by atoms with Crippen molar-refractivity contribution in [3.05, 3.63) is 54.0 Å². The lowest BCUT2D eigenvalue weighted by molar-refractivity contribution is -0.122. The van der Waals surface area contributed by atoms with Gasteiger partial charge in [-0.25, -0.2) is 9.97 Å². The molecule has 0 saturated carbocycles. The van der Waals surface area contributed by atoms with E-state index in [2.05, 4.69) is 25.2 Å². The molecule has 7 heteroatoms. The first kappa shape index (κ1) is 19.4. The molecular weight excluding hydrogens is 366 g/mol. The number of imidazole rings is 1. The Morgan fingerprint density at radius 1 is 1.34 bits per heavy atom. The van der Waals surface area contributed by atoms with Crippen LogP contribution in [-0.4, -0.2) is 51.2 Å². The molecule has 1 unspecified atom stereocenters. The Morgan fingerprint density at radius 3 is 3.07 bits per heavy atom. The molecule has 0 spiro atoms. The van der Waals surface area contributed by atoms with Crippen molar-refractivity contribution in [1.29, 1.82) is 0 Å². The zero-order valence-corrected chi connectivity index (χ0v) is 16.7. The molecule has 1 aromatic carbocycles. The van der Waals surface area contributed by atoms with E-state index in [1.54, 1.807) is 6.20 Å². The van der Waals surface area contributed by atoms with Crippen LogP contribution in [0.3, 0.4) is 0 Å². The molecule has 1 amide bonds. The molecule has 1 aliphatic heterocycles. The van der Waals surface area contributed by atoms with Crippen LogP contribution in [-0.2, 0) is 11.2 Å². The molecule has 29 heavy (non-hydrogen) atoms. The third-order valence-corrected chi connectivity index (χ3v) is 5.45. The van der Waals surface area contributed by atoms with Crippen molar-refractivity contribution in [2.45, 2.75) is 38.2 Å². The number of anilines is 1. The smallest absolute Gasteiger partial charge is 0.220 e. The molecule has 1 atom stereocenters. The first-order chi connectivity index (χ1) is 14.0. The van der Waals surface area contributed by atoms with Gasteiger partial charge in [0, 0.05) is 32.3 Å². The number of H-pyrrole nitrogens is 1. The van der Waals surface area contributed by atoms with Crippen LogP contribution in [0.5, 0.6) is 0 Å². The molecule has 0 radical (unpaired) electrons. The number of nitrogens with zero attached hydrogens (tertiary/aromatic N) is 3. The maximum Gasteiger partial charge on any atom is 0.220 e. The number of aryl methyl sites for hydroxylation is 2. The van der Waals surface area contributed by atoms with Crippen LogP contribution in [0, 0.1) is 6.92 Å². The monoisotopic (exact) mass is 393 g/mol.